The zero-order valence-electron chi connectivity index (χ0n) is 46.1. The van der Waals surface area contributed by atoms with Crippen molar-refractivity contribution in [3.8, 4) is 11.1 Å². The Kier molecular flexibility index (Phi) is 20.9. The number of amides is 1. The molecular weight excluding hydrogens is 967 g/mol. The number of primary amides is 1. The van der Waals surface area contributed by atoms with Gasteiger partial charge in [0.2, 0.25) is 5.91 Å². The first-order valence-electron chi connectivity index (χ1n) is 27.0. The molecule has 5 aromatic rings. The Balaban J connectivity index is 0.000000212. The first-order valence-corrected chi connectivity index (χ1v) is 27.3. The topological polar surface area (TPSA) is 91.5 Å². The van der Waals surface area contributed by atoms with E-state index in [1.165, 1.54) is 119 Å². The number of anilines is 1. The summed E-state index contributed by atoms with van der Waals surface area (Å²) in [4.78, 5) is 17.3. The Morgan fingerprint density at radius 3 is 2.24 bits per heavy atom. The summed E-state index contributed by atoms with van der Waals surface area (Å²) >= 11 is 6.47. The van der Waals surface area contributed by atoms with Crippen LogP contribution in [-0.4, -0.2) is 64.3 Å². The molecule has 8 nitrogen and oxygen atoms in total. The fourth-order valence-electron chi connectivity index (χ4n) is 12.5. The van der Waals surface area contributed by atoms with Crippen LogP contribution in [0.15, 0.2) is 105 Å². The minimum absolute atomic E-state index is 0. The van der Waals surface area contributed by atoms with Gasteiger partial charge < -0.3 is 35.1 Å². The van der Waals surface area contributed by atoms with Crippen LogP contribution < -0.4 is 45.9 Å². The largest absolute Gasteiger partial charge is 1.00 e. The first-order chi connectivity index (χ1) is 35.1. The van der Waals surface area contributed by atoms with E-state index in [0.29, 0.717) is 29.7 Å². The molecule has 1 aromatic heterocycles. The van der Waals surface area contributed by atoms with E-state index in [-0.39, 0.29) is 70.0 Å². The molecule has 1 amide bonds. The fourth-order valence-corrected chi connectivity index (χ4v) is 12.8. The third kappa shape index (κ3) is 13.1. The SMILES string of the molecule is C=CNCCC(=C)Nc1nn(C)c2cc(C3CCC4(CC3)CCN(C3CN(C=C)C3)CC4)ccc12.CC1CC[CH-]CC1.CCc1ccc(C(N)=O)c(-c2c(Cl)c(F)cc3c2C(C)C(C)(c2ccccc2)C3)c1F.[CH3-].[Na+]. The molecule has 0 bridgehead atoms. The molecule has 398 valence electrons. The van der Waals surface area contributed by atoms with E-state index < -0.39 is 17.5 Å². The van der Waals surface area contributed by atoms with Crippen molar-refractivity contribution in [2.45, 2.75) is 134 Å². The van der Waals surface area contributed by atoms with Gasteiger partial charge in [-0.1, -0.05) is 114 Å². The second-order valence-electron chi connectivity index (χ2n) is 22.0. The Morgan fingerprint density at radius 1 is 0.960 bits per heavy atom. The minimum atomic E-state index is -0.776. The molecule has 12 heteroatoms. The summed E-state index contributed by atoms with van der Waals surface area (Å²) < 4.78 is 32.6. The van der Waals surface area contributed by atoms with Gasteiger partial charge in [0.05, 0.1) is 10.5 Å². The molecule has 2 atom stereocenters. The maximum Gasteiger partial charge on any atom is 1.00 e. The number of nitrogens with one attached hydrogen (secondary N) is 2. The second-order valence-corrected chi connectivity index (χ2v) is 22.4. The summed E-state index contributed by atoms with van der Waals surface area (Å²) in [5.74, 6) is 0.498. The van der Waals surface area contributed by atoms with Gasteiger partial charge in [0.1, 0.15) is 11.6 Å². The molecular formula is C63H82ClF2N7NaO-. The molecule has 10 rings (SSSR count). The van der Waals surface area contributed by atoms with Gasteiger partial charge in [-0.25, -0.2) is 8.78 Å². The normalized spacial score (nSPS) is 20.5. The van der Waals surface area contributed by atoms with Crippen LogP contribution >= 0.6 is 11.6 Å². The standard InChI is InChI=1S/C29H42N6.C26H24ClF2NO.C7H13.CH3.Na/c1-5-30-16-11-22(3)31-28-26-8-7-24(19-27(26)33(4)32-28)23-9-12-29(13-10-23)14-17-35(18-15-29)25-20-34(6-2)21-25;1-4-15-10-11-18(25(30)31)21(24(15)29)22-20-14(2)26(3,17-8-6-5-7-9-17)13-16(20)12-19(28)23(22)27;1-7-5-3-2-4-6-7;;/h5-8,19,23,25,30H,1-3,9-18,20-21H2,4H3,(H,31,32);5-12,14H,4,13H2,1-3H3,(H2,30,31);2,7H,3-6H2,1H3;1H3;/q;;2*-1;+1. The van der Waals surface area contributed by atoms with Crippen LogP contribution in [0.2, 0.25) is 5.02 Å². The Bertz CT molecular complexity index is 2770. The number of aryl methyl sites for hydroxylation is 2. The number of benzene rings is 4. The van der Waals surface area contributed by atoms with E-state index >= 15 is 4.39 Å². The number of rotatable bonds is 13. The van der Waals surface area contributed by atoms with Crippen LogP contribution in [0.5, 0.6) is 0 Å². The number of piperidine rings is 1. The van der Waals surface area contributed by atoms with Crippen molar-refractivity contribution in [1.29, 1.82) is 0 Å². The van der Waals surface area contributed by atoms with E-state index in [1.807, 2.05) is 62.1 Å². The zero-order valence-corrected chi connectivity index (χ0v) is 48.9. The summed E-state index contributed by atoms with van der Waals surface area (Å²) in [6.07, 6.45) is 21.7. The van der Waals surface area contributed by atoms with Gasteiger partial charge in [-0.3, -0.25) is 14.4 Å². The van der Waals surface area contributed by atoms with Crippen LogP contribution in [-0.2, 0) is 25.3 Å². The smallest absolute Gasteiger partial charge is 0.391 e. The number of fused-ring (bicyclic) bond motifs is 2. The minimum Gasteiger partial charge on any atom is -0.391 e. The number of nitrogens with two attached hydrogens (primary N) is 1. The predicted octanol–water partition coefficient (Wildman–Crippen LogP) is 11.6. The Labute approximate surface area is 475 Å². The monoisotopic (exact) mass is 1050 g/mol. The molecule has 4 N–H and O–H groups in total. The summed E-state index contributed by atoms with van der Waals surface area (Å²) in [6, 6.07) is 22.2. The maximum atomic E-state index is 15.6. The van der Waals surface area contributed by atoms with E-state index in [0.717, 1.165) is 53.1 Å². The summed E-state index contributed by atoms with van der Waals surface area (Å²) in [7, 11) is 2.04. The van der Waals surface area contributed by atoms with E-state index in [1.54, 1.807) is 12.3 Å². The van der Waals surface area contributed by atoms with Gasteiger partial charge in [0.25, 0.3) is 0 Å². The molecule has 0 radical (unpaired) electrons. The van der Waals surface area contributed by atoms with Crippen molar-refractivity contribution >= 4 is 34.2 Å². The zero-order chi connectivity index (χ0) is 52.0. The number of nitrogens with zero attached hydrogens (tertiary/aromatic N) is 4. The van der Waals surface area contributed by atoms with Crippen LogP contribution in [0, 0.1) is 36.8 Å². The number of hydrogen-bond donors (Lipinski definition) is 3. The fraction of sp³-hybridized carbons (Fsp3) is 0.460. The van der Waals surface area contributed by atoms with Gasteiger partial charge in [0, 0.05) is 72.3 Å². The molecule has 4 fully saturated rings. The number of hydrogen-bond acceptors (Lipinski definition) is 6. The van der Waals surface area contributed by atoms with Gasteiger partial charge in [-0.05, 0) is 152 Å². The summed E-state index contributed by atoms with van der Waals surface area (Å²) in [5.41, 5.74) is 12.8. The first kappa shape index (κ1) is 59.8. The molecule has 2 saturated carbocycles. The molecule has 3 aliphatic carbocycles. The van der Waals surface area contributed by atoms with E-state index in [9.17, 15) is 9.18 Å². The van der Waals surface area contributed by atoms with E-state index in [2.05, 4.69) is 78.6 Å². The number of carbonyl (C=O) groups excluding carboxylic acids is 1. The molecule has 3 heterocycles. The third-order valence-electron chi connectivity index (χ3n) is 17.5. The number of aromatic nitrogens is 2. The van der Waals surface area contributed by atoms with Crippen LogP contribution in [0.3, 0.4) is 0 Å². The van der Waals surface area contributed by atoms with Crippen molar-refractivity contribution in [2.24, 2.45) is 24.1 Å². The van der Waals surface area contributed by atoms with Crippen molar-refractivity contribution in [3.05, 3.63) is 168 Å². The van der Waals surface area contributed by atoms with Crippen LogP contribution in [0.1, 0.15) is 148 Å². The average Bonchev–Trinajstić information content (AvgIpc) is 3.83. The molecule has 2 saturated heterocycles. The van der Waals surface area contributed by atoms with Crippen LogP contribution in [0.4, 0.5) is 14.6 Å². The second kappa shape index (κ2) is 26.3. The van der Waals surface area contributed by atoms with Gasteiger partial charge in [0.15, 0.2) is 5.82 Å². The summed E-state index contributed by atoms with van der Waals surface area (Å²) in [6.45, 7) is 25.8. The van der Waals surface area contributed by atoms with Gasteiger partial charge in [-0.15, -0.1) is 0 Å². The number of likely N-dealkylation sites (tertiary alicyclic amines) is 2. The average molecular weight is 1050 g/mol. The summed E-state index contributed by atoms with van der Waals surface area (Å²) in [5, 5.41) is 12.3. The predicted molar refractivity (Wildman–Crippen MR) is 305 cm³/mol. The van der Waals surface area contributed by atoms with E-state index in [4.69, 9.17) is 22.4 Å². The molecule has 5 aliphatic rings. The Morgan fingerprint density at radius 2 is 1.64 bits per heavy atom. The van der Waals surface area contributed by atoms with Crippen molar-refractivity contribution < 1.29 is 43.1 Å². The van der Waals surface area contributed by atoms with Crippen LogP contribution in [0.25, 0.3) is 22.0 Å². The third-order valence-corrected chi connectivity index (χ3v) is 17.9. The quantitative estimate of drug-likeness (QED) is 0.0618. The number of carbonyl (C=O) groups is 1. The molecule has 2 unspecified atom stereocenters. The van der Waals surface area contributed by atoms with Gasteiger partial charge in [-0.2, -0.15) is 17.9 Å². The molecule has 4 aromatic carbocycles. The maximum absolute atomic E-state index is 15.6. The van der Waals surface area contributed by atoms with Crippen molar-refractivity contribution in [3.63, 3.8) is 0 Å². The number of halogens is 3. The molecule has 1 spiro atoms. The van der Waals surface area contributed by atoms with Crippen molar-refractivity contribution in [1.82, 2.24) is 24.9 Å². The van der Waals surface area contributed by atoms with Gasteiger partial charge >= 0.3 is 29.6 Å². The molecule has 2 aliphatic heterocycles. The van der Waals surface area contributed by atoms with Crippen molar-refractivity contribution in [2.75, 3.05) is 38.0 Å². The molecule has 75 heavy (non-hydrogen) atoms. The Hall–Kier alpha value is -4.45.